The molecular weight excluding hydrogens is 252 g/mol. The molecule has 0 aliphatic heterocycles. The zero-order chi connectivity index (χ0) is 13.6. The van der Waals surface area contributed by atoms with Crippen molar-refractivity contribution in [1.29, 1.82) is 0 Å². The largest absolute Gasteiger partial charge is 0.373 e. The van der Waals surface area contributed by atoms with Gasteiger partial charge >= 0.3 is 0 Å². The Labute approximate surface area is 113 Å². The van der Waals surface area contributed by atoms with Crippen LogP contribution >= 0.6 is 11.6 Å². The van der Waals surface area contributed by atoms with E-state index in [-0.39, 0.29) is 18.0 Å². The average molecular weight is 271 g/mol. The molecular formula is C14H19ClO3. The van der Waals surface area contributed by atoms with Crippen LogP contribution in [-0.2, 0) is 9.47 Å². The molecule has 0 N–H and O–H groups in total. The van der Waals surface area contributed by atoms with Crippen molar-refractivity contribution in [2.24, 2.45) is 0 Å². The summed E-state index contributed by atoms with van der Waals surface area (Å²) >= 11 is 5.75. The van der Waals surface area contributed by atoms with Crippen LogP contribution in [0.3, 0.4) is 0 Å². The van der Waals surface area contributed by atoms with Crippen molar-refractivity contribution in [3.63, 3.8) is 0 Å². The Bertz CT molecular complexity index is 379. The number of Topliss-reactive ketones (excluding diaryl/α,β-unsaturated/α-hetero) is 1. The van der Waals surface area contributed by atoms with Crippen LogP contribution in [0.1, 0.15) is 31.1 Å². The highest BCUT2D eigenvalue weighted by atomic mass is 35.5. The van der Waals surface area contributed by atoms with E-state index in [2.05, 4.69) is 0 Å². The van der Waals surface area contributed by atoms with E-state index in [9.17, 15) is 4.79 Å². The minimum atomic E-state index is -0.177. The second kappa shape index (κ2) is 6.88. The van der Waals surface area contributed by atoms with Crippen molar-refractivity contribution >= 4 is 17.4 Å². The molecule has 0 spiro atoms. The lowest BCUT2D eigenvalue weighted by Crippen LogP contribution is -2.22. The number of halogens is 1. The molecule has 0 aliphatic carbocycles. The first kappa shape index (κ1) is 15.2. The van der Waals surface area contributed by atoms with Crippen molar-refractivity contribution in [3.05, 3.63) is 34.9 Å². The van der Waals surface area contributed by atoms with Crippen LogP contribution in [0.5, 0.6) is 0 Å². The van der Waals surface area contributed by atoms with Crippen LogP contribution in [0.4, 0.5) is 0 Å². The van der Waals surface area contributed by atoms with Gasteiger partial charge in [-0.2, -0.15) is 0 Å². The van der Waals surface area contributed by atoms with Crippen molar-refractivity contribution in [2.75, 3.05) is 19.8 Å². The minimum Gasteiger partial charge on any atom is -0.373 e. The molecule has 0 aliphatic rings. The van der Waals surface area contributed by atoms with E-state index in [0.29, 0.717) is 23.8 Å². The monoisotopic (exact) mass is 270 g/mol. The molecule has 1 aromatic carbocycles. The molecule has 0 radical (unpaired) electrons. The van der Waals surface area contributed by atoms with Crippen LogP contribution in [0.15, 0.2) is 24.3 Å². The van der Waals surface area contributed by atoms with Gasteiger partial charge in [-0.05, 0) is 45.0 Å². The van der Waals surface area contributed by atoms with Crippen molar-refractivity contribution in [2.45, 2.75) is 26.4 Å². The summed E-state index contributed by atoms with van der Waals surface area (Å²) in [6.07, 6.45) is 0. The van der Waals surface area contributed by atoms with Crippen LogP contribution in [-0.4, -0.2) is 31.2 Å². The average Bonchev–Trinajstić information content (AvgIpc) is 2.27. The third kappa shape index (κ3) is 6.15. The van der Waals surface area contributed by atoms with E-state index in [1.807, 2.05) is 20.8 Å². The smallest absolute Gasteiger partial charge is 0.188 e. The highest BCUT2D eigenvalue weighted by Gasteiger charge is 2.10. The van der Waals surface area contributed by atoms with Gasteiger partial charge in [0.25, 0.3) is 0 Å². The summed E-state index contributed by atoms with van der Waals surface area (Å²) in [5.74, 6) is -0.0533. The van der Waals surface area contributed by atoms with Gasteiger partial charge in [0, 0.05) is 10.6 Å². The van der Waals surface area contributed by atoms with Gasteiger partial charge in [0.1, 0.15) is 6.61 Å². The Kier molecular flexibility index (Phi) is 5.79. The van der Waals surface area contributed by atoms with Crippen LogP contribution in [0, 0.1) is 0 Å². The minimum absolute atomic E-state index is 0.0533. The lowest BCUT2D eigenvalue weighted by atomic mass is 10.1. The molecule has 0 unspecified atom stereocenters. The standard InChI is InChI=1S/C14H19ClO3/c1-14(2,3)18-9-8-17-10-13(16)11-4-6-12(15)7-5-11/h4-7H,8-10H2,1-3H3. The Morgan fingerprint density at radius 1 is 1.17 bits per heavy atom. The molecule has 100 valence electrons. The predicted octanol–water partition coefficient (Wildman–Crippen LogP) is 3.35. The SMILES string of the molecule is CC(C)(C)OCCOCC(=O)c1ccc(Cl)cc1. The number of hydrogen-bond donors (Lipinski definition) is 0. The van der Waals surface area contributed by atoms with Gasteiger partial charge in [0.2, 0.25) is 0 Å². The number of carbonyl (C=O) groups is 1. The Balaban J connectivity index is 2.24. The number of benzene rings is 1. The molecule has 0 heterocycles. The fourth-order valence-electron chi connectivity index (χ4n) is 1.29. The summed E-state index contributed by atoms with van der Waals surface area (Å²) < 4.78 is 10.7. The first-order valence-corrected chi connectivity index (χ1v) is 6.27. The van der Waals surface area contributed by atoms with Crippen molar-refractivity contribution in [1.82, 2.24) is 0 Å². The van der Waals surface area contributed by atoms with E-state index in [1.54, 1.807) is 24.3 Å². The molecule has 18 heavy (non-hydrogen) atoms. The quantitative estimate of drug-likeness (QED) is 0.587. The van der Waals surface area contributed by atoms with Crippen molar-refractivity contribution < 1.29 is 14.3 Å². The Morgan fingerprint density at radius 3 is 2.33 bits per heavy atom. The molecule has 3 nitrogen and oxygen atoms in total. The normalized spacial score (nSPS) is 11.6. The van der Waals surface area contributed by atoms with Gasteiger partial charge in [-0.3, -0.25) is 4.79 Å². The van der Waals surface area contributed by atoms with Crippen LogP contribution in [0.25, 0.3) is 0 Å². The highest BCUT2D eigenvalue weighted by Crippen LogP contribution is 2.10. The third-order valence-electron chi connectivity index (χ3n) is 2.16. The maximum absolute atomic E-state index is 11.7. The summed E-state index contributed by atoms with van der Waals surface area (Å²) in [5, 5.41) is 0.617. The lowest BCUT2D eigenvalue weighted by Gasteiger charge is -2.19. The maximum atomic E-state index is 11.7. The van der Waals surface area contributed by atoms with E-state index in [1.165, 1.54) is 0 Å². The first-order valence-electron chi connectivity index (χ1n) is 5.89. The topological polar surface area (TPSA) is 35.5 Å². The zero-order valence-corrected chi connectivity index (χ0v) is 11.8. The summed E-state index contributed by atoms with van der Waals surface area (Å²) in [4.78, 5) is 11.7. The lowest BCUT2D eigenvalue weighted by molar-refractivity contribution is -0.0324. The maximum Gasteiger partial charge on any atom is 0.188 e. The fourth-order valence-corrected chi connectivity index (χ4v) is 1.42. The molecule has 4 heteroatoms. The summed E-state index contributed by atoms with van der Waals surface area (Å²) in [7, 11) is 0. The van der Waals surface area contributed by atoms with Gasteiger partial charge < -0.3 is 9.47 Å². The molecule has 0 bridgehead atoms. The molecule has 0 aromatic heterocycles. The first-order chi connectivity index (χ1) is 8.38. The van der Waals surface area contributed by atoms with Gasteiger partial charge in [-0.1, -0.05) is 11.6 Å². The predicted molar refractivity (Wildman–Crippen MR) is 72.3 cm³/mol. The molecule has 0 fully saturated rings. The third-order valence-corrected chi connectivity index (χ3v) is 2.41. The summed E-state index contributed by atoms with van der Waals surface area (Å²) in [6.45, 7) is 6.90. The Morgan fingerprint density at radius 2 is 1.78 bits per heavy atom. The van der Waals surface area contributed by atoms with Crippen LogP contribution < -0.4 is 0 Å². The number of hydrogen-bond acceptors (Lipinski definition) is 3. The van der Waals surface area contributed by atoms with Crippen molar-refractivity contribution in [3.8, 4) is 0 Å². The molecule has 0 saturated heterocycles. The second-order valence-electron chi connectivity index (χ2n) is 4.94. The number of carbonyl (C=O) groups excluding carboxylic acids is 1. The second-order valence-corrected chi connectivity index (χ2v) is 5.38. The van der Waals surface area contributed by atoms with E-state index in [0.717, 1.165) is 0 Å². The van der Waals surface area contributed by atoms with Gasteiger partial charge in [-0.15, -0.1) is 0 Å². The number of ether oxygens (including phenoxy) is 2. The van der Waals surface area contributed by atoms with Gasteiger partial charge in [0.05, 0.1) is 18.8 Å². The van der Waals surface area contributed by atoms with Crippen LogP contribution in [0.2, 0.25) is 5.02 Å². The number of rotatable bonds is 6. The zero-order valence-electron chi connectivity index (χ0n) is 11.0. The highest BCUT2D eigenvalue weighted by molar-refractivity contribution is 6.30. The molecule has 1 rings (SSSR count). The molecule has 0 saturated carbocycles. The van der Waals surface area contributed by atoms with E-state index < -0.39 is 0 Å². The van der Waals surface area contributed by atoms with E-state index in [4.69, 9.17) is 21.1 Å². The summed E-state index contributed by atoms with van der Waals surface area (Å²) in [6, 6.07) is 6.77. The van der Waals surface area contributed by atoms with E-state index >= 15 is 0 Å². The molecule has 0 atom stereocenters. The molecule has 1 aromatic rings. The number of ketones is 1. The summed E-state index contributed by atoms with van der Waals surface area (Å²) in [5.41, 5.74) is 0.431. The Hall–Kier alpha value is -0.900. The molecule has 0 amide bonds. The van der Waals surface area contributed by atoms with Gasteiger partial charge in [-0.25, -0.2) is 0 Å². The fraction of sp³-hybridized carbons (Fsp3) is 0.500. The van der Waals surface area contributed by atoms with Gasteiger partial charge in [0.15, 0.2) is 5.78 Å².